The van der Waals surface area contributed by atoms with Crippen molar-refractivity contribution in [1.82, 2.24) is 10.3 Å². The number of nitrogens with one attached hydrogen (secondary N) is 2. The Labute approximate surface area is 157 Å². The van der Waals surface area contributed by atoms with Crippen LogP contribution in [0.1, 0.15) is 15.9 Å². The van der Waals surface area contributed by atoms with Crippen LogP contribution >= 0.6 is 0 Å². The van der Waals surface area contributed by atoms with Crippen LogP contribution in [-0.2, 0) is 11.2 Å². The highest BCUT2D eigenvalue weighted by atomic mass is 16.6. The Morgan fingerprint density at radius 3 is 2.46 bits per heavy atom. The maximum absolute atomic E-state index is 12.3. The van der Waals surface area contributed by atoms with Crippen LogP contribution in [0.15, 0.2) is 59.4 Å². The van der Waals surface area contributed by atoms with E-state index >= 15 is 0 Å². The Balaban J connectivity index is 1.85. The molecule has 9 heteroatoms. The number of H-pyrrole nitrogens is 1. The first-order valence-electron chi connectivity index (χ1n) is 8.24. The smallest absolute Gasteiger partial charge is 0.326 e. The van der Waals surface area contributed by atoms with E-state index in [1.54, 1.807) is 24.3 Å². The van der Waals surface area contributed by atoms with Crippen molar-refractivity contribution in [2.24, 2.45) is 0 Å². The van der Waals surface area contributed by atoms with Crippen molar-refractivity contribution in [2.45, 2.75) is 12.5 Å². The molecule has 0 spiro atoms. The highest BCUT2D eigenvalue weighted by molar-refractivity contribution is 5.97. The Hall–Kier alpha value is -4.01. The van der Waals surface area contributed by atoms with E-state index in [0.717, 1.165) is 12.1 Å². The minimum atomic E-state index is -1.28. The van der Waals surface area contributed by atoms with Gasteiger partial charge < -0.3 is 15.4 Å². The standard InChI is InChI=1S/C19H15N3O6/c23-17-10-12(14-3-1-2-4-15(14)20-17)9-16(19(25)26)21-18(24)11-5-7-13(8-6-11)22(27)28/h1-8,10,16H,9H2,(H,20,23)(H,21,24)(H,25,26). The number of fused-ring (bicyclic) bond motifs is 1. The van der Waals surface area contributed by atoms with Crippen molar-refractivity contribution in [3.8, 4) is 0 Å². The molecule has 3 aromatic rings. The fourth-order valence-electron chi connectivity index (χ4n) is 2.84. The van der Waals surface area contributed by atoms with Crippen molar-refractivity contribution >= 4 is 28.5 Å². The number of aromatic nitrogens is 1. The first-order chi connectivity index (χ1) is 13.3. The van der Waals surface area contributed by atoms with E-state index in [9.17, 15) is 29.6 Å². The fraction of sp³-hybridized carbons (Fsp3) is 0.105. The summed E-state index contributed by atoms with van der Waals surface area (Å²) in [4.78, 5) is 48.6. The van der Waals surface area contributed by atoms with Crippen molar-refractivity contribution in [3.63, 3.8) is 0 Å². The molecular formula is C19H15N3O6. The number of nitro benzene ring substituents is 1. The lowest BCUT2D eigenvalue weighted by atomic mass is 10.0. The third-order valence-corrected chi connectivity index (χ3v) is 4.20. The molecule has 0 aliphatic heterocycles. The number of amides is 1. The second-order valence-corrected chi connectivity index (χ2v) is 6.08. The van der Waals surface area contributed by atoms with Gasteiger partial charge in [-0.2, -0.15) is 0 Å². The lowest BCUT2D eigenvalue weighted by Gasteiger charge is -2.16. The van der Waals surface area contributed by atoms with Gasteiger partial charge in [-0.05, 0) is 23.8 Å². The van der Waals surface area contributed by atoms with Gasteiger partial charge in [-0.15, -0.1) is 0 Å². The number of pyridine rings is 1. The van der Waals surface area contributed by atoms with E-state index in [4.69, 9.17) is 0 Å². The number of carbonyl (C=O) groups excluding carboxylic acids is 1. The lowest BCUT2D eigenvalue weighted by Crippen LogP contribution is -2.42. The molecule has 0 aliphatic carbocycles. The van der Waals surface area contributed by atoms with Crippen LogP contribution < -0.4 is 10.9 Å². The third kappa shape index (κ3) is 4.04. The molecule has 0 saturated carbocycles. The molecule has 1 unspecified atom stereocenters. The Kier molecular flexibility index (Phi) is 5.16. The van der Waals surface area contributed by atoms with Crippen LogP contribution in [0.5, 0.6) is 0 Å². The van der Waals surface area contributed by atoms with E-state index in [2.05, 4.69) is 10.3 Å². The lowest BCUT2D eigenvalue weighted by molar-refractivity contribution is -0.384. The van der Waals surface area contributed by atoms with E-state index in [-0.39, 0.29) is 23.2 Å². The van der Waals surface area contributed by atoms with Crippen LogP contribution in [0.3, 0.4) is 0 Å². The summed E-state index contributed by atoms with van der Waals surface area (Å²) in [6, 6.07) is 11.8. The highest BCUT2D eigenvalue weighted by Gasteiger charge is 2.22. The molecule has 1 amide bonds. The minimum absolute atomic E-state index is 0.0904. The van der Waals surface area contributed by atoms with E-state index < -0.39 is 22.8 Å². The Morgan fingerprint density at radius 1 is 1.14 bits per heavy atom. The monoisotopic (exact) mass is 381 g/mol. The van der Waals surface area contributed by atoms with Crippen LogP contribution in [-0.4, -0.2) is 32.9 Å². The molecule has 3 rings (SSSR count). The summed E-state index contributed by atoms with van der Waals surface area (Å²) in [5.41, 5.74) is 0.583. The number of carboxylic acids is 1. The van der Waals surface area contributed by atoms with Crippen LogP contribution in [0.4, 0.5) is 5.69 Å². The molecule has 0 bridgehead atoms. The number of benzene rings is 2. The predicted molar refractivity (Wildman–Crippen MR) is 100 cm³/mol. The summed E-state index contributed by atoms with van der Waals surface area (Å²) < 4.78 is 0. The number of para-hydroxylation sites is 1. The van der Waals surface area contributed by atoms with Gasteiger partial charge in [0.1, 0.15) is 6.04 Å². The van der Waals surface area contributed by atoms with Crippen molar-refractivity contribution in [3.05, 3.63) is 86.2 Å². The third-order valence-electron chi connectivity index (χ3n) is 4.20. The Bertz CT molecular complexity index is 1120. The van der Waals surface area contributed by atoms with Gasteiger partial charge in [-0.1, -0.05) is 18.2 Å². The van der Waals surface area contributed by atoms with E-state index in [1.165, 1.54) is 18.2 Å². The number of rotatable bonds is 6. The van der Waals surface area contributed by atoms with Gasteiger partial charge in [0.2, 0.25) is 5.56 Å². The largest absolute Gasteiger partial charge is 0.480 e. The number of aromatic amines is 1. The normalized spacial score (nSPS) is 11.7. The highest BCUT2D eigenvalue weighted by Crippen LogP contribution is 2.17. The zero-order chi connectivity index (χ0) is 20.3. The summed E-state index contributed by atoms with van der Waals surface area (Å²) in [7, 11) is 0. The van der Waals surface area contributed by atoms with Gasteiger partial charge in [-0.3, -0.25) is 19.7 Å². The molecule has 0 fully saturated rings. The SMILES string of the molecule is O=C(NC(Cc1cc(=O)[nH]c2ccccc12)C(=O)O)c1ccc([N+](=O)[O-])cc1. The first-order valence-corrected chi connectivity index (χ1v) is 8.24. The van der Waals surface area contributed by atoms with E-state index in [0.29, 0.717) is 16.5 Å². The average molecular weight is 381 g/mol. The van der Waals surface area contributed by atoms with Gasteiger partial charge in [-0.25, -0.2) is 4.79 Å². The quantitative estimate of drug-likeness (QED) is 0.439. The van der Waals surface area contributed by atoms with Gasteiger partial charge in [0, 0.05) is 41.1 Å². The number of nitro groups is 1. The van der Waals surface area contributed by atoms with Gasteiger partial charge in [0.25, 0.3) is 11.6 Å². The molecule has 28 heavy (non-hydrogen) atoms. The number of carboxylic acid groups (broad SMARTS) is 1. The number of nitrogens with zero attached hydrogens (tertiary/aromatic N) is 1. The molecule has 0 saturated heterocycles. The second kappa shape index (κ2) is 7.70. The number of carbonyl (C=O) groups is 2. The molecule has 1 heterocycles. The summed E-state index contributed by atoms with van der Waals surface area (Å²) in [5.74, 6) is -1.95. The molecule has 1 atom stereocenters. The fourth-order valence-corrected chi connectivity index (χ4v) is 2.84. The van der Waals surface area contributed by atoms with Crippen molar-refractivity contribution in [2.75, 3.05) is 0 Å². The summed E-state index contributed by atoms with van der Waals surface area (Å²) in [5, 5.41) is 23.3. The van der Waals surface area contributed by atoms with Crippen LogP contribution in [0, 0.1) is 10.1 Å². The van der Waals surface area contributed by atoms with Crippen molar-refractivity contribution in [1.29, 1.82) is 0 Å². The number of aliphatic carboxylic acids is 1. The predicted octanol–water partition coefficient (Wildman–Crippen LogP) is 1.86. The van der Waals surface area contributed by atoms with E-state index in [1.807, 2.05) is 0 Å². The zero-order valence-corrected chi connectivity index (χ0v) is 14.4. The molecular weight excluding hydrogens is 366 g/mol. The first kappa shape index (κ1) is 18.8. The maximum atomic E-state index is 12.3. The number of hydrogen-bond donors (Lipinski definition) is 3. The molecule has 3 N–H and O–H groups in total. The van der Waals surface area contributed by atoms with Gasteiger partial charge in [0.05, 0.1) is 4.92 Å². The van der Waals surface area contributed by atoms with Crippen molar-refractivity contribution < 1.29 is 19.6 Å². The van der Waals surface area contributed by atoms with Crippen LogP contribution in [0.25, 0.3) is 10.9 Å². The Morgan fingerprint density at radius 2 is 1.82 bits per heavy atom. The average Bonchev–Trinajstić information content (AvgIpc) is 2.67. The topological polar surface area (TPSA) is 142 Å². The minimum Gasteiger partial charge on any atom is -0.480 e. The summed E-state index contributed by atoms with van der Waals surface area (Å²) in [6.07, 6.45) is -0.0987. The van der Waals surface area contributed by atoms with Gasteiger partial charge >= 0.3 is 5.97 Å². The molecule has 142 valence electrons. The molecule has 0 radical (unpaired) electrons. The molecule has 2 aromatic carbocycles. The number of non-ortho nitro benzene ring substituents is 1. The maximum Gasteiger partial charge on any atom is 0.326 e. The van der Waals surface area contributed by atoms with Gasteiger partial charge in [0.15, 0.2) is 0 Å². The summed E-state index contributed by atoms with van der Waals surface area (Å²) >= 11 is 0. The second-order valence-electron chi connectivity index (χ2n) is 6.08. The zero-order valence-electron chi connectivity index (χ0n) is 14.4. The summed E-state index contributed by atoms with van der Waals surface area (Å²) in [6.45, 7) is 0. The molecule has 9 nitrogen and oxygen atoms in total. The number of hydrogen-bond acceptors (Lipinski definition) is 5. The molecule has 1 aromatic heterocycles. The van der Waals surface area contributed by atoms with Crippen LogP contribution in [0.2, 0.25) is 0 Å². The molecule has 0 aliphatic rings.